The lowest BCUT2D eigenvalue weighted by Gasteiger charge is -2.00. The average molecular weight is 159 g/mol. The summed E-state index contributed by atoms with van der Waals surface area (Å²) in [7, 11) is 0. The lowest BCUT2D eigenvalue weighted by Crippen LogP contribution is -2.20. The van der Waals surface area contributed by atoms with E-state index in [1.54, 1.807) is 6.07 Å². The summed E-state index contributed by atoms with van der Waals surface area (Å²) >= 11 is 5.17. The van der Waals surface area contributed by atoms with Crippen molar-refractivity contribution in [2.45, 2.75) is 6.92 Å². The highest BCUT2D eigenvalue weighted by Gasteiger charge is 2.17. The molecular weight excluding hydrogens is 152 g/mol. The summed E-state index contributed by atoms with van der Waals surface area (Å²) in [6, 6.07) is 1.69. The van der Waals surface area contributed by atoms with E-state index in [1.165, 1.54) is 6.92 Å². The van der Waals surface area contributed by atoms with Gasteiger partial charge < -0.3 is 5.41 Å². The van der Waals surface area contributed by atoms with Crippen LogP contribution in [0.25, 0.3) is 0 Å². The molecule has 0 aliphatic carbocycles. The third-order valence-electron chi connectivity index (χ3n) is 1.02. The molecule has 1 atom stereocenters. The van der Waals surface area contributed by atoms with Crippen molar-refractivity contribution in [3.63, 3.8) is 0 Å². The molecular formula is C6H7ClN2O. The molecule has 1 unspecified atom stereocenters. The van der Waals surface area contributed by atoms with Crippen molar-refractivity contribution in [1.29, 1.82) is 10.7 Å². The molecule has 0 fully saturated rings. The Morgan fingerprint density at radius 1 is 1.90 bits per heavy atom. The van der Waals surface area contributed by atoms with Crippen molar-refractivity contribution >= 4 is 23.1 Å². The lowest BCUT2D eigenvalue weighted by molar-refractivity contribution is -0.117. The van der Waals surface area contributed by atoms with Gasteiger partial charge in [-0.3, -0.25) is 4.79 Å². The maximum absolute atomic E-state index is 10.7. The van der Waals surface area contributed by atoms with Crippen LogP contribution in [0, 0.1) is 22.7 Å². The molecule has 0 aromatic carbocycles. The molecule has 0 saturated heterocycles. The maximum atomic E-state index is 10.7. The van der Waals surface area contributed by atoms with E-state index in [4.69, 9.17) is 22.3 Å². The molecule has 3 nitrogen and oxygen atoms in total. The molecule has 0 aliphatic heterocycles. The van der Waals surface area contributed by atoms with Gasteiger partial charge in [0.05, 0.1) is 11.9 Å². The van der Waals surface area contributed by atoms with Gasteiger partial charge in [0.25, 0.3) is 0 Å². The van der Waals surface area contributed by atoms with Crippen LogP contribution in [0.4, 0.5) is 0 Å². The molecule has 0 spiro atoms. The van der Waals surface area contributed by atoms with Gasteiger partial charge >= 0.3 is 0 Å². The smallest absolute Gasteiger partial charge is 0.170 e. The Balaban J connectivity index is 4.25. The SMILES string of the molecule is CC(=N)C(C#N)C(=O)CCl. The molecule has 0 saturated carbocycles. The fourth-order valence-electron chi connectivity index (χ4n) is 0.487. The van der Waals surface area contributed by atoms with E-state index < -0.39 is 11.7 Å². The molecule has 0 rings (SSSR count). The number of nitrogens with zero attached hydrogens (tertiary/aromatic N) is 1. The Kier molecular flexibility index (Phi) is 3.67. The number of alkyl halides is 1. The van der Waals surface area contributed by atoms with Crippen molar-refractivity contribution < 1.29 is 4.79 Å². The summed E-state index contributed by atoms with van der Waals surface area (Å²) in [5.41, 5.74) is 0.0492. The number of ketones is 1. The number of halogens is 1. The molecule has 0 radical (unpaired) electrons. The molecule has 1 N–H and O–H groups in total. The monoisotopic (exact) mass is 158 g/mol. The van der Waals surface area contributed by atoms with Gasteiger partial charge in [0.1, 0.15) is 5.92 Å². The number of hydrogen-bond acceptors (Lipinski definition) is 3. The van der Waals surface area contributed by atoms with Crippen LogP contribution in [0.5, 0.6) is 0 Å². The van der Waals surface area contributed by atoms with E-state index in [0.29, 0.717) is 0 Å². The number of carbonyl (C=O) groups excluding carboxylic acids is 1. The third kappa shape index (κ3) is 2.16. The summed E-state index contributed by atoms with van der Waals surface area (Å²) < 4.78 is 0. The van der Waals surface area contributed by atoms with E-state index in [0.717, 1.165) is 0 Å². The van der Waals surface area contributed by atoms with Gasteiger partial charge in [-0.2, -0.15) is 5.26 Å². The molecule has 0 amide bonds. The predicted octanol–water partition coefficient (Wildman–Crippen LogP) is 0.974. The van der Waals surface area contributed by atoms with Gasteiger partial charge in [0.2, 0.25) is 0 Å². The Morgan fingerprint density at radius 3 is 2.50 bits per heavy atom. The molecule has 4 heteroatoms. The predicted molar refractivity (Wildman–Crippen MR) is 38.2 cm³/mol. The van der Waals surface area contributed by atoms with Crippen LogP contribution in [0.1, 0.15) is 6.92 Å². The van der Waals surface area contributed by atoms with E-state index >= 15 is 0 Å². The highest BCUT2D eigenvalue weighted by atomic mass is 35.5. The van der Waals surface area contributed by atoms with Crippen molar-refractivity contribution in [1.82, 2.24) is 0 Å². The molecule has 0 aliphatic rings. The number of carbonyl (C=O) groups is 1. The summed E-state index contributed by atoms with van der Waals surface area (Å²) in [4.78, 5) is 10.7. The minimum Gasteiger partial charge on any atom is -0.308 e. The fraction of sp³-hybridized carbons (Fsp3) is 0.500. The van der Waals surface area contributed by atoms with Crippen LogP contribution in [0.2, 0.25) is 0 Å². The maximum Gasteiger partial charge on any atom is 0.170 e. The van der Waals surface area contributed by atoms with Crippen molar-refractivity contribution in [3.05, 3.63) is 0 Å². The first-order chi connectivity index (χ1) is 4.63. The van der Waals surface area contributed by atoms with Crippen molar-refractivity contribution in [3.8, 4) is 6.07 Å². The zero-order valence-corrected chi connectivity index (χ0v) is 6.27. The normalized spacial score (nSPS) is 11.7. The summed E-state index contributed by atoms with van der Waals surface area (Å²) in [5.74, 6) is -1.55. The van der Waals surface area contributed by atoms with Gasteiger partial charge in [0.15, 0.2) is 5.78 Å². The summed E-state index contributed by atoms with van der Waals surface area (Å²) in [6.07, 6.45) is 0. The van der Waals surface area contributed by atoms with Crippen molar-refractivity contribution in [2.24, 2.45) is 5.92 Å². The Bertz CT molecular complexity index is 194. The van der Waals surface area contributed by atoms with Crippen molar-refractivity contribution in [2.75, 3.05) is 5.88 Å². The molecule has 0 heterocycles. The van der Waals surface area contributed by atoms with Crippen LogP contribution in [-0.4, -0.2) is 17.4 Å². The zero-order chi connectivity index (χ0) is 8.15. The first-order valence-electron chi connectivity index (χ1n) is 2.66. The lowest BCUT2D eigenvalue weighted by atomic mass is 10.0. The van der Waals surface area contributed by atoms with E-state index in [1.807, 2.05) is 0 Å². The second-order valence-electron chi connectivity index (χ2n) is 1.85. The van der Waals surface area contributed by atoms with E-state index in [2.05, 4.69) is 0 Å². The van der Waals surface area contributed by atoms with Gasteiger partial charge in [0, 0.05) is 5.71 Å². The number of hydrogen-bond donors (Lipinski definition) is 1. The van der Waals surface area contributed by atoms with Gasteiger partial charge in [-0.15, -0.1) is 11.6 Å². The first kappa shape index (κ1) is 9.12. The quantitative estimate of drug-likeness (QED) is 0.492. The molecule has 54 valence electrons. The topological polar surface area (TPSA) is 64.7 Å². The third-order valence-corrected chi connectivity index (χ3v) is 1.28. The number of nitriles is 1. The highest BCUT2D eigenvalue weighted by molar-refractivity contribution is 6.30. The van der Waals surface area contributed by atoms with Crippen LogP contribution in [-0.2, 0) is 4.79 Å². The van der Waals surface area contributed by atoms with Crippen LogP contribution in [0.15, 0.2) is 0 Å². The number of nitrogens with one attached hydrogen (secondary N) is 1. The van der Waals surface area contributed by atoms with Gasteiger partial charge in [-0.25, -0.2) is 0 Å². The van der Waals surface area contributed by atoms with Gasteiger partial charge in [-0.05, 0) is 6.92 Å². The first-order valence-corrected chi connectivity index (χ1v) is 3.20. The largest absolute Gasteiger partial charge is 0.308 e. The van der Waals surface area contributed by atoms with Crippen LogP contribution in [0.3, 0.4) is 0 Å². The van der Waals surface area contributed by atoms with Crippen LogP contribution < -0.4 is 0 Å². The molecule has 0 bridgehead atoms. The number of Topliss-reactive ketones (excluding diaryl/α,β-unsaturated/α-hetero) is 1. The van der Waals surface area contributed by atoms with Crippen LogP contribution >= 0.6 is 11.6 Å². The fourth-order valence-corrected chi connectivity index (χ4v) is 0.642. The molecule has 0 aromatic rings. The summed E-state index contributed by atoms with van der Waals surface area (Å²) in [6.45, 7) is 1.42. The molecule has 10 heavy (non-hydrogen) atoms. The van der Waals surface area contributed by atoms with E-state index in [-0.39, 0.29) is 11.6 Å². The Morgan fingerprint density at radius 2 is 2.40 bits per heavy atom. The second kappa shape index (κ2) is 4.02. The minimum absolute atomic E-state index is 0.0492. The Hall–Kier alpha value is -0.880. The highest BCUT2D eigenvalue weighted by Crippen LogP contribution is 1.99. The zero-order valence-electron chi connectivity index (χ0n) is 5.52. The Labute approximate surface area is 64.1 Å². The van der Waals surface area contributed by atoms with Gasteiger partial charge in [-0.1, -0.05) is 0 Å². The summed E-state index contributed by atoms with van der Waals surface area (Å²) in [5, 5.41) is 15.3. The standard InChI is InChI=1S/C6H7ClN2O/c1-4(9)5(3-8)6(10)2-7/h5,9H,2H2,1H3. The second-order valence-corrected chi connectivity index (χ2v) is 2.11. The minimum atomic E-state index is -0.947. The van der Waals surface area contributed by atoms with E-state index in [9.17, 15) is 4.79 Å². The molecule has 0 aromatic heterocycles. The average Bonchev–Trinajstić information content (AvgIpc) is 1.88. The number of rotatable bonds is 3.